The van der Waals surface area contributed by atoms with Crippen molar-refractivity contribution in [2.75, 3.05) is 6.61 Å². The molecule has 4 N–H and O–H groups in total. The Morgan fingerprint density at radius 3 is 2.69 bits per heavy atom. The van der Waals surface area contributed by atoms with Gasteiger partial charge in [0.15, 0.2) is 11.9 Å². The minimum atomic E-state index is -1.40. The molecule has 72 valence electrons. The van der Waals surface area contributed by atoms with E-state index in [1.807, 2.05) is 0 Å². The van der Waals surface area contributed by atoms with Crippen molar-refractivity contribution in [1.29, 1.82) is 5.53 Å². The highest BCUT2D eigenvalue weighted by Gasteiger charge is 2.38. The molecule has 0 amide bonds. The van der Waals surface area contributed by atoms with Crippen molar-refractivity contribution in [2.45, 2.75) is 12.2 Å². The van der Waals surface area contributed by atoms with Crippen LogP contribution in [0.1, 0.15) is 0 Å². The van der Waals surface area contributed by atoms with Crippen LogP contribution >= 0.6 is 0 Å². The molecular formula is C6H8N2O5. The summed E-state index contributed by atoms with van der Waals surface area (Å²) in [5.41, 5.74) is 5.97. The first-order valence-corrected chi connectivity index (χ1v) is 3.42. The third-order valence-corrected chi connectivity index (χ3v) is 1.59. The number of nitrogens with one attached hydrogen (secondary N) is 1. The van der Waals surface area contributed by atoms with Gasteiger partial charge in [-0.15, -0.1) is 5.11 Å². The van der Waals surface area contributed by atoms with E-state index >= 15 is 0 Å². The van der Waals surface area contributed by atoms with Crippen LogP contribution in [0.15, 0.2) is 16.6 Å². The van der Waals surface area contributed by atoms with E-state index in [0.717, 1.165) is 0 Å². The average molecular weight is 188 g/mol. The Morgan fingerprint density at radius 2 is 2.31 bits per heavy atom. The molecule has 7 heteroatoms. The lowest BCUT2D eigenvalue weighted by Gasteiger charge is -2.14. The predicted molar refractivity (Wildman–Crippen MR) is 37.8 cm³/mol. The molecule has 0 radical (unpaired) electrons. The number of carbonyl (C=O) groups is 1. The predicted octanol–water partition coefficient (Wildman–Crippen LogP) is -0.934. The quantitative estimate of drug-likeness (QED) is 0.336. The Kier molecular flexibility index (Phi) is 2.59. The van der Waals surface area contributed by atoms with Gasteiger partial charge >= 0.3 is 5.97 Å². The number of ether oxygens (including phenoxy) is 1. The first-order valence-electron chi connectivity index (χ1n) is 3.42. The number of nitrogens with zero attached hydrogens (tertiary/aromatic N) is 1. The SMILES string of the molecule is N=NC1=C(O)C(C(O)CO)OC1=O. The first-order chi connectivity index (χ1) is 6.11. The zero-order chi connectivity index (χ0) is 10.0. The molecular weight excluding hydrogens is 180 g/mol. The molecule has 0 aromatic rings. The van der Waals surface area contributed by atoms with Crippen LogP contribution in [0.5, 0.6) is 0 Å². The third-order valence-electron chi connectivity index (χ3n) is 1.59. The van der Waals surface area contributed by atoms with E-state index in [-0.39, 0.29) is 0 Å². The van der Waals surface area contributed by atoms with Crippen LogP contribution in [0.4, 0.5) is 0 Å². The molecule has 7 nitrogen and oxygen atoms in total. The summed E-state index contributed by atoms with van der Waals surface area (Å²) in [6.45, 7) is -0.659. The monoisotopic (exact) mass is 188 g/mol. The van der Waals surface area contributed by atoms with Crippen molar-refractivity contribution >= 4 is 5.97 Å². The zero-order valence-corrected chi connectivity index (χ0v) is 6.47. The van der Waals surface area contributed by atoms with Gasteiger partial charge in [-0.2, -0.15) is 0 Å². The van der Waals surface area contributed by atoms with Crippen LogP contribution in [0.2, 0.25) is 0 Å². The normalized spacial score (nSPS) is 24.5. The fraction of sp³-hybridized carbons (Fsp3) is 0.500. The van der Waals surface area contributed by atoms with Gasteiger partial charge in [0.25, 0.3) is 0 Å². The summed E-state index contributed by atoms with van der Waals surface area (Å²) in [6.07, 6.45) is -2.72. The highest BCUT2D eigenvalue weighted by atomic mass is 16.6. The average Bonchev–Trinajstić information content (AvgIpc) is 2.40. The molecule has 0 aliphatic carbocycles. The van der Waals surface area contributed by atoms with Crippen molar-refractivity contribution in [3.05, 3.63) is 11.5 Å². The number of aliphatic hydroxyl groups is 3. The van der Waals surface area contributed by atoms with Crippen LogP contribution < -0.4 is 0 Å². The summed E-state index contributed by atoms with van der Waals surface area (Å²) in [4.78, 5) is 10.8. The van der Waals surface area contributed by atoms with Gasteiger partial charge in [-0.1, -0.05) is 0 Å². The van der Waals surface area contributed by atoms with E-state index in [0.29, 0.717) is 0 Å². The Balaban J connectivity index is 2.90. The van der Waals surface area contributed by atoms with E-state index in [1.54, 1.807) is 0 Å². The summed E-state index contributed by atoms with van der Waals surface area (Å²) in [5.74, 6) is -1.61. The van der Waals surface area contributed by atoms with Crippen LogP contribution in [-0.4, -0.2) is 40.1 Å². The van der Waals surface area contributed by atoms with E-state index in [1.165, 1.54) is 0 Å². The molecule has 0 bridgehead atoms. The maximum atomic E-state index is 10.8. The molecule has 0 saturated heterocycles. The molecule has 0 aromatic carbocycles. The van der Waals surface area contributed by atoms with Crippen molar-refractivity contribution < 1.29 is 24.9 Å². The lowest BCUT2D eigenvalue weighted by atomic mass is 10.2. The number of esters is 1. The van der Waals surface area contributed by atoms with Gasteiger partial charge < -0.3 is 20.1 Å². The van der Waals surface area contributed by atoms with E-state index in [4.69, 9.17) is 20.9 Å². The highest BCUT2D eigenvalue weighted by molar-refractivity contribution is 5.91. The molecule has 1 aliphatic heterocycles. The Morgan fingerprint density at radius 1 is 1.69 bits per heavy atom. The second-order valence-electron chi connectivity index (χ2n) is 2.42. The summed E-state index contributed by atoms with van der Waals surface area (Å²) in [7, 11) is 0. The zero-order valence-electron chi connectivity index (χ0n) is 6.47. The fourth-order valence-corrected chi connectivity index (χ4v) is 0.926. The van der Waals surface area contributed by atoms with Crippen molar-refractivity contribution in [3.8, 4) is 0 Å². The maximum absolute atomic E-state index is 10.8. The van der Waals surface area contributed by atoms with Crippen LogP contribution in [0.25, 0.3) is 0 Å². The molecule has 1 heterocycles. The molecule has 13 heavy (non-hydrogen) atoms. The second kappa shape index (κ2) is 3.50. The standard InChI is InChI=1S/C6H8N2O5/c7-8-3-4(11)5(2(10)1-9)13-6(3)12/h2,5,7,9-11H,1H2. The molecule has 0 spiro atoms. The maximum Gasteiger partial charge on any atom is 0.363 e. The number of rotatable bonds is 3. The molecule has 2 unspecified atom stereocenters. The summed E-state index contributed by atoms with van der Waals surface area (Å²) < 4.78 is 4.44. The Hall–Kier alpha value is -1.47. The van der Waals surface area contributed by atoms with Gasteiger partial charge in [-0.05, 0) is 0 Å². The van der Waals surface area contributed by atoms with E-state index in [2.05, 4.69) is 9.85 Å². The largest absolute Gasteiger partial charge is 0.506 e. The van der Waals surface area contributed by atoms with Gasteiger partial charge in [-0.25, -0.2) is 10.3 Å². The van der Waals surface area contributed by atoms with E-state index in [9.17, 15) is 4.79 Å². The number of cyclic esters (lactones) is 1. The molecule has 0 saturated carbocycles. The summed E-state index contributed by atoms with van der Waals surface area (Å²) in [6, 6.07) is 0. The molecule has 2 atom stereocenters. The van der Waals surface area contributed by atoms with E-state index < -0.39 is 36.2 Å². The van der Waals surface area contributed by atoms with Crippen molar-refractivity contribution in [1.82, 2.24) is 0 Å². The molecule has 1 aliphatic rings. The number of hydrogen-bond donors (Lipinski definition) is 4. The number of aliphatic hydroxyl groups excluding tert-OH is 3. The summed E-state index contributed by atoms with van der Waals surface area (Å²) >= 11 is 0. The minimum Gasteiger partial charge on any atom is -0.506 e. The first kappa shape index (κ1) is 9.62. The highest BCUT2D eigenvalue weighted by Crippen LogP contribution is 2.23. The molecule has 1 rings (SSSR count). The lowest BCUT2D eigenvalue weighted by molar-refractivity contribution is -0.145. The Bertz CT molecular complexity index is 274. The molecule has 0 aromatic heterocycles. The van der Waals surface area contributed by atoms with Crippen molar-refractivity contribution in [2.24, 2.45) is 5.11 Å². The topological polar surface area (TPSA) is 123 Å². The van der Waals surface area contributed by atoms with Gasteiger partial charge in [0.1, 0.15) is 6.10 Å². The second-order valence-corrected chi connectivity index (χ2v) is 2.42. The fourth-order valence-electron chi connectivity index (χ4n) is 0.926. The number of carbonyl (C=O) groups excluding carboxylic acids is 1. The minimum absolute atomic E-state index is 0.544. The third kappa shape index (κ3) is 1.51. The Labute approximate surface area is 72.8 Å². The van der Waals surface area contributed by atoms with Crippen LogP contribution in [0, 0.1) is 5.53 Å². The summed E-state index contributed by atoms with van der Waals surface area (Å²) in [5, 5.41) is 29.4. The smallest absolute Gasteiger partial charge is 0.363 e. The lowest BCUT2D eigenvalue weighted by Crippen LogP contribution is -2.31. The van der Waals surface area contributed by atoms with Gasteiger partial charge in [0.05, 0.1) is 6.61 Å². The van der Waals surface area contributed by atoms with Gasteiger partial charge in [0.2, 0.25) is 5.70 Å². The van der Waals surface area contributed by atoms with Gasteiger partial charge in [0, 0.05) is 0 Å². The van der Waals surface area contributed by atoms with Gasteiger partial charge in [-0.3, -0.25) is 0 Å². The molecule has 0 fully saturated rings. The van der Waals surface area contributed by atoms with Crippen LogP contribution in [0.3, 0.4) is 0 Å². The van der Waals surface area contributed by atoms with Crippen molar-refractivity contribution in [3.63, 3.8) is 0 Å². The van der Waals surface area contributed by atoms with Crippen LogP contribution in [-0.2, 0) is 9.53 Å². The number of hydrogen-bond acceptors (Lipinski definition) is 7.